The molecule has 1 atom stereocenters. The van der Waals surface area contributed by atoms with Crippen LogP contribution < -0.4 is 5.32 Å². The molecule has 0 saturated carbocycles. The Morgan fingerprint density at radius 3 is 2.85 bits per heavy atom. The monoisotopic (exact) mass is 181 g/mol. The van der Waals surface area contributed by atoms with Crippen LogP contribution in [0.3, 0.4) is 0 Å². The molecule has 0 aliphatic heterocycles. The fourth-order valence-electron chi connectivity index (χ4n) is 1.35. The average Bonchev–Trinajstić information content (AvgIpc) is 2.20. The maximum Gasteiger partial charge on any atom is 0.253 e. The molecule has 1 unspecified atom stereocenters. The first kappa shape index (κ1) is 9.99. The fraction of sp³-hybridized carbons (Fsp3) is 0.500. The van der Waals surface area contributed by atoms with E-state index in [1.54, 1.807) is 14.2 Å². The topological polar surface area (TPSA) is 38.3 Å². The van der Waals surface area contributed by atoms with Gasteiger partial charge in [0.1, 0.15) is 0 Å². The number of rotatable bonds is 3. The summed E-state index contributed by atoms with van der Waals surface area (Å²) in [5.41, 5.74) is 0.952. The summed E-state index contributed by atoms with van der Waals surface area (Å²) in [6, 6.07) is 0. The fourth-order valence-corrected chi connectivity index (χ4v) is 1.35. The second kappa shape index (κ2) is 4.82. The smallest absolute Gasteiger partial charge is 0.253 e. The van der Waals surface area contributed by atoms with Gasteiger partial charge in [0.2, 0.25) is 0 Å². The van der Waals surface area contributed by atoms with Gasteiger partial charge in [-0.3, -0.25) is 4.79 Å². The Bertz CT molecular complexity index is 243. The van der Waals surface area contributed by atoms with E-state index in [0.717, 1.165) is 18.4 Å². The number of likely N-dealkylation sites (N-methyl/N-ethyl adjacent to an activating group) is 1. The number of carbonyl (C=O) groups excluding carboxylic acids is 1. The molecule has 0 aromatic carbocycles. The van der Waals surface area contributed by atoms with Gasteiger partial charge in [-0.05, 0) is 18.4 Å². The van der Waals surface area contributed by atoms with Crippen molar-refractivity contribution in [3.8, 4) is 0 Å². The lowest BCUT2D eigenvalue weighted by Crippen LogP contribution is -2.34. The quantitative estimate of drug-likeness (QED) is 0.706. The molecule has 1 aliphatic rings. The molecule has 3 nitrogen and oxygen atoms in total. The van der Waals surface area contributed by atoms with Crippen molar-refractivity contribution in [2.75, 3.05) is 14.2 Å². The number of hydrogen-bond acceptors (Lipinski definition) is 2. The third-order valence-corrected chi connectivity index (χ3v) is 2.05. The number of hydrogen-bond donors (Lipinski definition) is 1. The second-order valence-electron chi connectivity index (χ2n) is 2.91. The highest BCUT2D eigenvalue weighted by Gasteiger charge is 2.19. The van der Waals surface area contributed by atoms with E-state index in [2.05, 4.69) is 11.4 Å². The van der Waals surface area contributed by atoms with Crippen molar-refractivity contribution < 1.29 is 9.53 Å². The van der Waals surface area contributed by atoms with Gasteiger partial charge in [0.25, 0.3) is 5.91 Å². The molecule has 1 aliphatic carbocycles. The SMILES string of the molecule is CNC(=O)C(OC)C1=CCCC=C1. The number of nitrogens with one attached hydrogen (secondary N) is 1. The first-order valence-corrected chi connectivity index (χ1v) is 4.40. The predicted octanol–water partition coefficient (Wildman–Crippen LogP) is 1.02. The average molecular weight is 181 g/mol. The van der Waals surface area contributed by atoms with Gasteiger partial charge in [0, 0.05) is 14.2 Å². The van der Waals surface area contributed by atoms with Crippen LogP contribution in [0, 0.1) is 0 Å². The Hall–Kier alpha value is -1.09. The molecule has 72 valence electrons. The molecule has 0 heterocycles. The summed E-state index contributed by atoms with van der Waals surface area (Å²) in [4.78, 5) is 11.3. The molecule has 1 N–H and O–H groups in total. The Balaban J connectivity index is 2.71. The lowest BCUT2D eigenvalue weighted by atomic mass is 10.0. The Morgan fingerprint density at radius 2 is 2.38 bits per heavy atom. The van der Waals surface area contributed by atoms with Crippen LogP contribution in [0.25, 0.3) is 0 Å². The standard InChI is InChI=1S/C10H15NO2/c1-11-10(12)9(13-2)8-6-4-3-5-7-8/h4,6-7,9H,3,5H2,1-2H3,(H,11,12). The predicted molar refractivity (Wildman–Crippen MR) is 51.3 cm³/mol. The Kier molecular flexibility index (Phi) is 3.71. The lowest BCUT2D eigenvalue weighted by Gasteiger charge is -2.16. The van der Waals surface area contributed by atoms with E-state index in [1.807, 2.05) is 12.2 Å². The molecule has 0 bridgehead atoms. The van der Waals surface area contributed by atoms with Gasteiger partial charge in [-0.15, -0.1) is 0 Å². The van der Waals surface area contributed by atoms with E-state index < -0.39 is 6.10 Å². The van der Waals surface area contributed by atoms with Gasteiger partial charge in [-0.25, -0.2) is 0 Å². The number of amides is 1. The first-order valence-electron chi connectivity index (χ1n) is 4.40. The van der Waals surface area contributed by atoms with Crippen LogP contribution >= 0.6 is 0 Å². The number of ether oxygens (including phenoxy) is 1. The summed E-state index contributed by atoms with van der Waals surface area (Å²) in [5, 5.41) is 2.57. The van der Waals surface area contributed by atoms with Crippen LogP contribution in [0.1, 0.15) is 12.8 Å². The first-order chi connectivity index (χ1) is 6.29. The summed E-state index contributed by atoms with van der Waals surface area (Å²) in [7, 11) is 3.16. The van der Waals surface area contributed by atoms with Gasteiger partial charge in [-0.2, -0.15) is 0 Å². The highest BCUT2D eigenvalue weighted by atomic mass is 16.5. The lowest BCUT2D eigenvalue weighted by molar-refractivity contribution is -0.128. The van der Waals surface area contributed by atoms with Crippen LogP contribution in [0.5, 0.6) is 0 Å². The number of methoxy groups -OCH3 is 1. The summed E-state index contributed by atoms with van der Waals surface area (Å²) >= 11 is 0. The van der Waals surface area contributed by atoms with Crippen molar-refractivity contribution in [3.05, 3.63) is 23.8 Å². The summed E-state index contributed by atoms with van der Waals surface area (Å²) in [5.74, 6) is -0.0969. The van der Waals surface area contributed by atoms with E-state index in [4.69, 9.17) is 4.74 Å². The minimum absolute atomic E-state index is 0.0969. The molecular weight excluding hydrogens is 166 g/mol. The van der Waals surface area contributed by atoms with Crippen LogP contribution in [0.4, 0.5) is 0 Å². The molecule has 1 amide bonds. The molecule has 3 heteroatoms. The molecule has 1 rings (SSSR count). The van der Waals surface area contributed by atoms with Gasteiger partial charge in [0.15, 0.2) is 6.10 Å². The number of carbonyl (C=O) groups is 1. The molecule has 0 saturated heterocycles. The van der Waals surface area contributed by atoms with Crippen molar-refractivity contribution >= 4 is 5.91 Å². The molecule has 0 radical (unpaired) electrons. The molecule has 0 fully saturated rings. The van der Waals surface area contributed by atoms with E-state index in [0.29, 0.717) is 0 Å². The summed E-state index contributed by atoms with van der Waals surface area (Å²) in [6.07, 6.45) is 7.64. The Morgan fingerprint density at radius 1 is 1.62 bits per heavy atom. The summed E-state index contributed by atoms with van der Waals surface area (Å²) in [6.45, 7) is 0. The van der Waals surface area contributed by atoms with E-state index in [9.17, 15) is 4.79 Å². The Labute approximate surface area is 78.5 Å². The molecule has 0 aromatic heterocycles. The van der Waals surface area contributed by atoms with E-state index in [-0.39, 0.29) is 5.91 Å². The minimum Gasteiger partial charge on any atom is -0.367 e. The maximum absolute atomic E-state index is 11.3. The van der Waals surface area contributed by atoms with Crippen molar-refractivity contribution in [1.82, 2.24) is 5.32 Å². The third-order valence-electron chi connectivity index (χ3n) is 2.05. The van der Waals surface area contributed by atoms with Crippen molar-refractivity contribution in [3.63, 3.8) is 0 Å². The molecule has 13 heavy (non-hydrogen) atoms. The molecule has 0 aromatic rings. The van der Waals surface area contributed by atoms with Crippen LogP contribution in [0.2, 0.25) is 0 Å². The molecular formula is C10H15NO2. The third kappa shape index (κ3) is 2.42. The number of allylic oxidation sites excluding steroid dienone is 2. The van der Waals surface area contributed by atoms with Gasteiger partial charge in [-0.1, -0.05) is 18.2 Å². The van der Waals surface area contributed by atoms with Crippen LogP contribution in [0.15, 0.2) is 23.8 Å². The minimum atomic E-state index is -0.457. The van der Waals surface area contributed by atoms with Crippen LogP contribution in [-0.4, -0.2) is 26.2 Å². The molecule has 0 spiro atoms. The van der Waals surface area contributed by atoms with Gasteiger partial charge in [0.05, 0.1) is 0 Å². The zero-order valence-electron chi connectivity index (χ0n) is 8.04. The van der Waals surface area contributed by atoms with Crippen LogP contribution in [-0.2, 0) is 9.53 Å². The largest absolute Gasteiger partial charge is 0.367 e. The highest BCUT2D eigenvalue weighted by molar-refractivity contribution is 5.84. The van der Waals surface area contributed by atoms with Crippen molar-refractivity contribution in [2.45, 2.75) is 18.9 Å². The summed E-state index contributed by atoms with van der Waals surface area (Å²) < 4.78 is 5.11. The van der Waals surface area contributed by atoms with Crippen molar-refractivity contribution in [1.29, 1.82) is 0 Å². The normalized spacial score (nSPS) is 17.8. The highest BCUT2D eigenvalue weighted by Crippen LogP contribution is 2.15. The van der Waals surface area contributed by atoms with Gasteiger partial charge < -0.3 is 10.1 Å². The zero-order valence-corrected chi connectivity index (χ0v) is 8.04. The van der Waals surface area contributed by atoms with E-state index in [1.165, 1.54) is 0 Å². The zero-order chi connectivity index (χ0) is 9.68. The van der Waals surface area contributed by atoms with Crippen molar-refractivity contribution in [2.24, 2.45) is 0 Å². The van der Waals surface area contributed by atoms with E-state index >= 15 is 0 Å². The second-order valence-corrected chi connectivity index (χ2v) is 2.91. The maximum atomic E-state index is 11.3. The van der Waals surface area contributed by atoms with Gasteiger partial charge >= 0.3 is 0 Å².